The summed E-state index contributed by atoms with van der Waals surface area (Å²) < 4.78 is 11.1. The number of para-hydroxylation sites is 1. The summed E-state index contributed by atoms with van der Waals surface area (Å²) in [4.78, 5) is 18.5. The molecule has 0 saturated heterocycles. The van der Waals surface area contributed by atoms with Crippen LogP contribution in [0.5, 0.6) is 11.5 Å². The highest BCUT2D eigenvalue weighted by Gasteiger charge is 2.34. The first-order chi connectivity index (χ1) is 16.2. The largest absolute Gasteiger partial charge is 0.454 e. The molecule has 6 nitrogen and oxygen atoms in total. The number of rotatable bonds is 2. The molecule has 3 heterocycles. The Hall–Kier alpha value is -3.84. The second-order valence-electron chi connectivity index (χ2n) is 8.15. The van der Waals surface area contributed by atoms with Crippen LogP contribution in [0.25, 0.3) is 10.9 Å². The molecule has 0 radical (unpaired) electrons. The number of ether oxygens (including phenoxy) is 2. The van der Waals surface area contributed by atoms with E-state index in [-0.39, 0.29) is 18.7 Å². The standard InChI is InChI=1S/C26H21N3O3S/c30-25(16-6-2-1-3-7-16)28-26(33)29-13-12-19-18-8-4-5-9-20(18)27-23(19)24(29)17-10-11-21-22(14-17)32-15-31-21/h1-11,14,24,27H,12-13,15H2,(H,28,30,33)/t24-/m1/s1. The highest BCUT2D eigenvalue weighted by molar-refractivity contribution is 7.80. The summed E-state index contributed by atoms with van der Waals surface area (Å²) in [5.74, 6) is 1.24. The van der Waals surface area contributed by atoms with Crippen LogP contribution < -0.4 is 14.8 Å². The topological polar surface area (TPSA) is 66.6 Å². The Bertz CT molecular complexity index is 1380. The summed E-state index contributed by atoms with van der Waals surface area (Å²) in [5, 5.41) is 4.55. The summed E-state index contributed by atoms with van der Waals surface area (Å²) in [5.41, 5.74) is 5.04. The van der Waals surface area contributed by atoms with Gasteiger partial charge in [0.15, 0.2) is 16.6 Å². The van der Waals surface area contributed by atoms with Gasteiger partial charge in [0.05, 0.1) is 6.04 Å². The highest BCUT2D eigenvalue weighted by Crippen LogP contribution is 2.42. The van der Waals surface area contributed by atoms with Crippen LogP contribution in [-0.2, 0) is 6.42 Å². The number of amides is 1. The van der Waals surface area contributed by atoms with E-state index in [9.17, 15) is 4.79 Å². The van der Waals surface area contributed by atoms with Crippen molar-refractivity contribution >= 4 is 34.1 Å². The lowest BCUT2D eigenvalue weighted by Crippen LogP contribution is -2.47. The van der Waals surface area contributed by atoms with Crippen LogP contribution in [0.3, 0.4) is 0 Å². The van der Waals surface area contributed by atoms with E-state index in [0.29, 0.717) is 17.2 Å². The van der Waals surface area contributed by atoms with Gasteiger partial charge in [-0.05, 0) is 60.1 Å². The zero-order chi connectivity index (χ0) is 22.4. The molecule has 0 aliphatic carbocycles. The molecule has 0 bridgehead atoms. The molecule has 0 spiro atoms. The average molecular weight is 456 g/mol. The Kier molecular flexibility index (Phi) is 4.77. The number of hydrogen-bond donors (Lipinski definition) is 2. The van der Waals surface area contributed by atoms with Gasteiger partial charge in [-0.3, -0.25) is 10.1 Å². The molecule has 0 saturated carbocycles. The fourth-order valence-electron chi connectivity index (χ4n) is 4.72. The molecule has 2 aliphatic rings. The van der Waals surface area contributed by atoms with Gasteiger partial charge in [0.25, 0.3) is 5.91 Å². The zero-order valence-electron chi connectivity index (χ0n) is 17.7. The zero-order valence-corrected chi connectivity index (χ0v) is 18.5. The Labute approximate surface area is 196 Å². The SMILES string of the molecule is O=C(NC(=S)N1CCc2c([nH]c3ccccc23)[C@H]1c1ccc2c(c1)OCO2)c1ccccc1. The average Bonchev–Trinajstić information content (AvgIpc) is 3.47. The summed E-state index contributed by atoms with van der Waals surface area (Å²) in [7, 11) is 0. The van der Waals surface area contributed by atoms with E-state index in [2.05, 4.69) is 33.4 Å². The summed E-state index contributed by atoms with van der Waals surface area (Å²) >= 11 is 5.76. The maximum Gasteiger partial charge on any atom is 0.257 e. The van der Waals surface area contributed by atoms with E-state index in [4.69, 9.17) is 21.7 Å². The minimum absolute atomic E-state index is 0.195. The molecule has 1 atom stereocenters. The third kappa shape index (κ3) is 3.41. The van der Waals surface area contributed by atoms with Gasteiger partial charge in [0.2, 0.25) is 6.79 Å². The van der Waals surface area contributed by atoms with Crippen LogP contribution in [0.1, 0.15) is 33.2 Å². The van der Waals surface area contributed by atoms with Gasteiger partial charge in [-0.25, -0.2) is 0 Å². The normalized spacial score (nSPS) is 16.5. The third-order valence-corrected chi connectivity index (χ3v) is 6.60. The van der Waals surface area contributed by atoms with Gasteiger partial charge in [-0.2, -0.15) is 0 Å². The number of carbonyl (C=O) groups is 1. The number of aromatic nitrogens is 1. The maximum atomic E-state index is 12.8. The number of carbonyl (C=O) groups excluding carboxylic acids is 1. The second-order valence-corrected chi connectivity index (χ2v) is 8.53. The predicted octanol–water partition coefficient (Wildman–Crippen LogP) is 4.56. The number of thiocarbonyl (C=S) groups is 1. The Balaban J connectivity index is 1.41. The molecule has 2 aliphatic heterocycles. The molecular formula is C26H21N3O3S. The molecule has 2 N–H and O–H groups in total. The monoisotopic (exact) mass is 455 g/mol. The summed E-state index contributed by atoms with van der Waals surface area (Å²) in [6.45, 7) is 0.901. The van der Waals surface area contributed by atoms with E-state index in [1.807, 2.05) is 42.5 Å². The summed E-state index contributed by atoms with van der Waals surface area (Å²) in [6.07, 6.45) is 0.821. The molecule has 1 amide bonds. The van der Waals surface area contributed by atoms with Gasteiger partial charge < -0.3 is 19.4 Å². The van der Waals surface area contributed by atoms with Crippen LogP contribution in [0.2, 0.25) is 0 Å². The van der Waals surface area contributed by atoms with E-state index in [1.54, 1.807) is 12.1 Å². The molecule has 164 valence electrons. The fourth-order valence-corrected chi connectivity index (χ4v) is 5.01. The van der Waals surface area contributed by atoms with Crippen molar-refractivity contribution in [3.8, 4) is 11.5 Å². The third-order valence-electron chi connectivity index (χ3n) is 6.26. The minimum atomic E-state index is -0.215. The van der Waals surface area contributed by atoms with Crippen molar-refractivity contribution in [1.82, 2.24) is 15.2 Å². The van der Waals surface area contributed by atoms with E-state index < -0.39 is 0 Å². The molecule has 7 heteroatoms. The fraction of sp³-hybridized carbons (Fsp3) is 0.154. The predicted molar refractivity (Wildman–Crippen MR) is 130 cm³/mol. The smallest absolute Gasteiger partial charge is 0.257 e. The number of fused-ring (bicyclic) bond motifs is 4. The first-order valence-corrected chi connectivity index (χ1v) is 11.3. The molecule has 4 aromatic rings. The van der Waals surface area contributed by atoms with Crippen molar-refractivity contribution in [3.05, 3.63) is 95.2 Å². The molecule has 33 heavy (non-hydrogen) atoms. The number of benzene rings is 3. The van der Waals surface area contributed by atoms with Crippen LogP contribution in [0.4, 0.5) is 0 Å². The van der Waals surface area contributed by atoms with Crippen LogP contribution in [0.15, 0.2) is 72.8 Å². The number of nitrogens with zero attached hydrogens (tertiary/aromatic N) is 1. The van der Waals surface area contributed by atoms with Crippen molar-refractivity contribution in [2.75, 3.05) is 13.3 Å². The minimum Gasteiger partial charge on any atom is -0.454 e. The Morgan fingerprint density at radius 2 is 1.79 bits per heavy atom. The van der Waals surface area contributed by atoms with Gasteiger partial charge >= 0.3 is 0 Å². The second kappa shape index (κ2) is 7.94. The molecule has 1 aromatic heterocycles. The first-order valence-electron chi connectivity index (χ1n) is 10.8. The van der Waals surface area contributed by atoms with Gasteiger partial charge in [-0.15, -0.1) is 0 Å². The van der Waals surface area contributed by atoms with Gasteiger partial charge in [0, 0.05) is 28.7 Å². The molecule has 0 unspecified atom stereocenters. The van der Waals surface area contributed by atoms with Crippen molar-refractivity contribution in [2.24, 2.45) is 0 Å². The van der Waals surface area contributed by atoms with Crippen molar-refractivity contribution < 1.29 is 14.3 Å². The quantitative estimate of drug-likeness (QED) is 0.434. The van der Waals surface area contributed by atoms with Crippen LogP contribution in [0, 0.1) is 0 Å². The number of nitrogens with one attached hydrogen (secondary N) is 2. The Morgan fingerprint density at radius 1 is 1.00 bits per heavy atom. The van der Waals surface area contributed by atoms with Crippen molar-refractivity contribution in [3.63, 3.8) is 0 Å². The van der Waals surface area contributed by atoms with Crippen molar-refractivity contribution in [2.45, 2.75) is 12.5 Å². The maximum absolute atomic E-state index is 12.8. The number of aromatic amines is 1. The van der Waals surface area contributed by atoms with E-state index in [1.165, 1.54) is 10.9 Å². The Morgan fingerprint density at radius 3 is 2.67 bits per heavy atom. The van der Waals surface area contributed by atoms with E-state index in [0.717, 1.165) is 34.7 Å². The number of hydrogen-bond acceptors (Lipinski definition) is 4. The lowest BCUT2D eigenvalue weighted by molar-refractivity contribution is 0.0971. The summed E-state index contributed by atoms with van der Waals surface area (Å²) in [6, 6.07) is 23.2. The van der Waals surface area contributed by atoms with Crippen LogP contribution >= 0.6 is 12.2 Å². The first kappa shape index (κ1) is 19.8. The van der Waals surface area contributed by atoms with Crippen molar-refractivity contribution in [1.29, 1.82) is 0 Å². The molecular weight excluding hydrogens is 434 g/mol. The van der Waals surface area contributed by atoms with Gasteiger partial charge in [-0.1, -0.05) is 42.5 Å². The molecule has 3 aromatic carbocycles. The van der Waals surface area contributed by atoms with Gasteiger partial charge in [0.1, 0.15) is 0 Å². The van der Waals surface area contributed by atoms with Crippen LogP contribution in [-0.4, -0.2) is 34.2 Å². The lowest BCUT2D eigenvalue weighted by Gasteiger charge is -2.37. The lowest BCUT2D eigenvalue weighted by atomic mass is 9.92. The highest BCUT2D eigenvalue weighted by atomic mass is 32.1. The molecule has 0 fully saturated rings. The number of H-pyrrole nitrogens is 1. The van der Waals surface area contributed by atoms with E-state index >= 15 is 0 Å². The molecule has 6 rings (SSSR count).